The molecule has 0 saturated heterocycles. The molecule has 0 aliphatic rings. The number of ether oxygens (including phenoxy) is 1. The Morgan fingerprint density at radius 1 is 1.17 bits per heavy atom. The highest BCUT2D eigenvalue weighted by Crippen LogP contribution is 2.10. The monoisotopic (exact) mass is 315 g/mol. The predicted octanol–water partition coefficient (Wildman–Crippen LogP) is 2.79. The summed E-state index contributed by atoms with van der Waals surface area (Å²) in [4.78, 5) is 11.6. The van der Waals surface area contributed by atoms with Gasteiger partial charge in [-0.05, 0) is 61.0 Å². The van der Waals surface area contributed by atoms with Crippen LogP contribution in [0.3, 0.4) is 0 Å². The van der Waals surface area contributed by atoms with Crippen molar-refractivity contribution >= 4 is 17.8 Å². The molecule has 0 aliphatic carbocycles. The lowest BCUT2D eigenvalue weighted by Gasteiger charge is -2.05. The average Bonchev–Trinajstić information content (AvgIpc) is 2.56. The van der Waals surface area contributed by atoms with Gasteiger partial charge in [-0.3, -0.25) is 4.79 Å². The summed E-state index contributed by atoms with van der Waals surface area (Å²) >= 11 is 0. The quantitative estimate of drug-likeness (QED) is 0.610. The van der Waals surface area contributed by atoms with E-state index in [1.807, 2.05) is 31.2 Å². The van der Waals surface area contributed by atoms with Crippen molar-refractivity contribution in [3.8, 4) is 5.75 Å². The molecule has 120 valence electrons. The Morgan fingerprint density at radius 2 is 1.87 bits per heavy atom. The minimum Gasteiger partial charge on any atom is -0.494 e. The lowest BCUT2D eigenvalue weighted by molar-refractivity contribution is -0.119. The first-order valence-corrected chi connectivity index (χ1v) is 7.21. The van der Waals surface area contributed by atoms with Crippen molar-refractivity contribution < 1.29 is 13.9 Å². The molecule has 23 heavy (non-hydrogen) atoms. The number of anilines is 1. The molecule has 0 atom stereocenters. The Kier molecular flexibility index (Phi) is 6.11. The van der Waals surface area contributed by atoms with Crippen molar-refractivity contribution in [3.63, 3.8) is 0 Å². The molecule has 2 rings (SSSR count). The maximum Gasteiger partial charge on any atom is 0.259 e. The number of carbonyl (C=O) groups is 1. The van der Waals surface area contributed by atoms with Crippen molar-refractivity contribution in [2.75, 3.05) is 18.5 Å². The zero-order valence-corrected chi connectivity index (χ0v) is 12.8. The van der Waals surface area contributed by atoms with Gasteiger partial charge < -0.3 is 10.1 Å². The van der Waals surface area contributed by atoms with E-state index in [4.69, 9.17) is 4.74 Å². The summed E-state index contributed by atoms with van der Waals surface area (Å²) < 4.78 is 18.1. The van der Waals surface area contributed by atoms with Gasteiger partial charge in [0.05, 0.1) is 19.4 Å². The van der Waals surface area contributed by atoms with E-state index in [1.165, 1.54) is 12.1 Å². The highest BCUT2D eigenvalue weighted by Gasteiger charge is 1.99. The van der Waals surface area contributed by atoms with Crippen LogP contribution in [0.1, 0.15) is 12.5 Å². The molecule has 0 heterocycles. The number of nitrogens with one attached hydrogen (secondary N) is 2. The van der Waals surface area contributed by atoms with E-state index >= 15 is 0 Å². The summed E-state index contributed by atoms with van der Waals surface area (Å²) in [5, 5.41) is 6.75. The number of hydrogen-bond donors (Lipinski definition) is 2. The summed E-state index contributed by atoms with van der Waals surface area (Å²) in [5.41, 5.74) is 3.93. The fourth-order valence-corrected chi connectivity index (χ4v) is 1.79. The van der Waals surface area contributed by atoms with E-state index in [0.717, 1.165) is 11.3 Å². The maximum absolute atomic E-state index is 12.7. The number of halogens is 1. The van der Waals surface area contributed by atoms with Crippen LogP contribution in [-0.2, 0) is 4.79 Å². The zero-order chi connectivity index (χ0) is 16.5. The van der Waals surface area contributed by atoms with Gasteiger partial charge in [0.15, 0.2) is 0 Å². The number of carbonyl (C=O) groups excluding carboxylic acids is 1. The summed E-state index contributed by atoms with van der Waals surface area (Å²) in [6.07, 6.45) is 1.55. The van der Waals surface area contributed by atoms with E-state index in [-0.39, 0.29) is 18.3 Å². The normalized spacial score (nSPS) is 10.5. The second-order valence-electron chi connectivity index (χ2n) is 4.66. The Morgan fingerprint density at radius 3 is 2.52 bits per heavy atom. The number of benzene rings is 2. The fraction of sp³-hybridized carbons (Fsp3) is 0.176. The molecule has 0 unspecified atom stereocenters. The van der Waals surface area contributed by atoms with Gasteiger partial charge in [0, 0.05) is 5.69 Å². The van der Waals surface area contributed by atoms with Gasteiger partial charge in [-0.25, -0.2) is 9.82 Å². The van der Waals surface area contributed by atoms with Gasteiger partial charge in [0.25, 0.3) is 5.91 Å². The van der Waals surface area contributed by atoms with Crippen LogP contribution in [-0.4, -0.2) is 25.3 Å². The third-order valence-corrected chi connectivity index (χ3v) is 2.89. The van der Waals surface area contributed by atoms with Gasteiger partial charge in [0.2, 0.25) is 0 Å². The van der Waals surface area contributed by atoms with E-state index < -0.39 is 0 Å². The second kappa shape index (κ2) is 8.53. The number of rotatable bonds is 7. The first kappa shape index (κ1) is 16.5. The number of amides is 1. The Hall–Kier alpha value is -2.89. The van der Waals surface area contributed by atoms with Gasteiger partial charge in [0.1, 0.15) is 11.6 Å². The van der Waals surface area contributed by atoms with Crippen molar-refractivity contribution in [2.24, 2.45) is 5.10 Å². The Labute approximate surface area is 134 Å². The van der Waals surface area contributed by atoms with Crippen LogP contribution in [0.5, 0.6) is 5.75 Å². The van der Waals surface area contributed by atoms with Crippen molar-refractivity contribution in [2.45, 2.75) is 6.92 Å². The van der Waals surface area contributed by atoms with Crippen molar-refractivity contribution in [1.29, 1.82) is 0 Å². The molecular weight excluding hydrogens is 297 g/mol. The standard InChI is InChI=1S/C17H18FN3O2/c1-2-23-16-9-3-13(4-10-16)11-20-21-17(22)12-19-15-7-5-14(18)6-8-15/h3-11,19H,2,12H2,1H3,(H,21,22)/b20-11-. The van der Waals surface area contributed by atoms with E-state index in [0.29, 0.717) is 12.3 Å². The van der Waals surface area contributed by atoms with Crippen LogP contribution < -0.4 is 15.5 Å². The molecule has 2 aromatic rings. The third kappa shape index (κ3) is 5.78. The first-order chi connectivity index (χ1) is 11.2. The van der Waals surface area contributed by atoms with E-state index in [9.17, 15) is 9.18 Å². The Bertz CT molecular complexity index is 655. The summed E-state index contributed by atoms with van der Waals surface area (Å²) in [7, 11) is 0. The van der Waals surface area contributed by atoms with Crippen LogP contribution in [0.2, 0.25) is 0 Å². The predicted molar refractivity (Wildman–Crippen MR) is 88.2 cm³/mol. The minimum atomic E-state index is -0.319. The average molecular weight is 315 g/mol. The molecule has 0 aliphatic heterocycles. The second-order valence-corrected chi connectivity index (χ2v) is 4.66. The molecule has 0 spiro atoms. The van der Waals surface area contributed by atoms with Crippen LogP contribution in [0.25, 0.3) is 0 Å². The molecule has 0 fully saturated rings. The highest BCUT2D eigenvalue weighted by atomic mass is 19.1. The van der Waals surface area contributed by atoms with Gasteiger partial charge in [-0.1, -0.05) is 0 Å². The van der Waals surface area contributed by atoms with Crippen LogP contribution in [0, 0.1) is 5.82 Å². The number of hydrazone groups is 1. The lowest BCUT2D eigenvalue weighted by atomic mass is 10.2. The number of nitrogens with zero attached hydrogens (tertiary/aromatic N) is 1. The largest absolute Gasteiger partial charge is 0.494 e. The fourth-order valence-electron chi connectivity index (χ4n) is 1.79. The number of hydrogen-bond acceptors (Lipinski definition) is 4. The molecule has 0 radical (unpaired) electrons. The minimum absolute atomic E-state index is 0.0479. The molecule has 1 amide bonds. The molecule has 2 aromatic carbocycles. The third-order valence-electron chi connectivity index (χ3n) is 2.89. The smallest absolute Gasteiger partial charge is 0.259 e. The lowest BCUT2D eigenvalue weighted by Crippen LogP contribution is -2.25. The van der Waals surface area contributed by atoms with Crippen molar-refractivity contribution in [1.82, 2.24) is 5.43 Å². The van der Waals surface area contributed by atoms with Gasteiger partial charge >= 0.3 is 0 Å². The molecule has 0 bridgehead atoms. The Balaban J connectivity index is 1.75. The molecule has 2 N–H and O–H groups in total. The maximum atomic E-state index is 12.7. The first-order valence-electron chi connectivity index (χ1n) is 7.21. The van der Waals surface area contributed by atoms with Crippen LogP contribution in [0.4, 0.5) is 10.1 Å². The molecular formula is C17H18FN3O2. The van der Waals surface area contributed by atoms with Crippen LogP contribution >= 0.6 is 0 Å². The highest BCUT2D eigenvalue weighted by molar-refractivity contribution is 5.84. The molecule has 5 nitrogen and oxygen atoms in total. The van der Waals surface area contributed by atoms with E-state index in [1.54, 1.807) is 18.3 Å². The van der Waals surface area contributed by atoms with Crippen molar-refractivity contribution in [3.05, 3.63) is 59.9 Å². The molecule has 0 saturated carbocycles. The van der Waals surface area contributed by atoms with E-state index in [2.05, 4.69) is 15.8 Å². The SMILES string of the molecule is CCOc1ccc(/C=N\NC(=O)CNc2ccc(F)cc2)cc1. The van der Waals surface area contributed by atoms with Crippen LogP contribution in [0.15, 0.2) is 53.6 Å². The summed E-state index contributed by atoms with van der Waals surface area (Å²) in [6, 6.07) is 13.1. The molecule has 6 heteroatoms. The van der Waals surface area contributed by atoms with Gasteiger partial charge in [-0.2, -0.15) is 5.10 Å². The summed E-state index contributed by atoms with van der Waals surface area (Å²) in [6.45, 7) is 2.58. The summed E-state index contributed by atoms with van der Waals surface area (Å²) in [5.74, 6) is 0.175. The topological polar surface area (TPSA) is 62.7 Å². The zero-order valence-electron chi connectivity index (χ0n) is 12.8. The van der Waals surface area contributed by atoms with Gasteiger partial charge in [-0.15, -0.1) is 0 Å². The molecule has 0 aromatic heterocycles.